The number of β-amino-alcohol motifs (C(OH)–C–C–N with tert-alkyl or cyclic N) is 1. The molecule has 1 unspecified atom stereocenters. The van der Waals surface area contributed by atoms with E-state index in [-0.39, 0.29) is 24.4 Å². The standard InChI is InChI=1S/C20H29FN2O4/c1-26-16-6-10-22(11-7-16)14-20(25)8-3-9-23(19(20)24)13-15-12-17(27-2)4-5-18(15)21/h4-5,12,16,25H,3,6-11,13-14H2,1-2H3. The van der Waals surface area contributed by atoms with Crippen LogP contribution >= 0.6 is 0 Å². The molecule has 3 rings (SSSR count). The van der Waals surface area contributed by atoms with Crippen molar-refractivity contribution in [3.05, 3.63) is 29.6 Å². The molecule has 27 heavy (non-hydrogen) atoms. The van der Waals surface area contributed by atoms with Crippen LogP contribution in [0.2, 0.25) is 0 Å². The first-order valence-electron chi connectivity index (χ1n) is 9.54. The van der Waals surface area contributed by atoms with E-state index in [0.717, 1.165) is 25.9 Å². The number of hydrogen-bond acceptors (Lipinski definition) is 5. The van der Waals surface area contributed by atoms with Crippen molar-refractivity contribution in [1.82, 2.24) is 9.80 Å². The number of ether oxygens (including phenoxy) is 2. The lowest BCUT2D eigenvalue weighted by Gasteiger charge is -2.42. The maximum atomic E-state index is 14.1. The van der Waals surface area contributed by atoms with Gasteiger partial charge in [-0.25, -0.2) is 4.39 Å². The number of likely N-dealkylation sites (tertiary alicyclic amines) is 2. The van der Waals surface area contributed by atoms with Gasteiger partial charge in [-0.05, 0) is 43.9 Å². The highest BCUT2D eigenvalue weighted by atomic mass is 19.1. The highest BCUT2D eigenvalue weighted by molar-refractivity contribution is 5.86. The van der Waals surface area contributed by atoms with E-state index in [0.29, 0.717) is 37.2 Å². The number of carbonyl (C=O) groups excluding carboxylic acids is 1. The second kappa shape index (κ2) is 8.54. The minimum Gasteiger partial charge on any atom is -0.497 e. The molecule has 1 amide bonds. The highest BCUT2D eigenvalue weighted by Crippen LogP contribution is 2.28. The number of piperidine rings is 2. The van der Waals surface area contributed by atoms with E-state index in [4.69, 9.17) is 9.47 Å². The van der Waals surface area contributed by atoms with Gasteiger partial charge in [0.05, 0.1) is 13.2 Å². The van der Waals surface area contributed by atoms with Crippen molar-refractivity contribution in [3.8, 4) is 5.75 Å². The lowest BCUT2D eigenvalue weighted by molar-refractivity contribution is -0.161. The maximum absolute atomic E-state index is 14.1. The molecule has 150 valence electrons. The van der Waals surface area contributed by atoms with Gasteiger partial charge in [-0.2, -0.15) is 0 Å². The first-order valence-corrected chi connectivity index (χ1v) is 9.54. The average Bonchev–Trinajstić information content (AvgIpc) is 2.68. The topological polar surface area (TPSA) is 62.2 Å². The Morgan fingerprint density at radius 2 is 2.00 bits per heavy atom. The number of amides is 1. The van der Waals surface area contributed by atoms with Gasteiger partial charge in [0.2, 0.25) is 0 Å². The molecular formula is C20H29FN2O4. The molecule has 2 heterocycles. The molecule has 0 bridgehead atoms. The van der Waals surface area contributed by atoms with E-state index in [1.54, 1.807) is 24.1 Å². The molecule has 1 aromatic carbocycles. The third-order valence-corrected chi connectivity index (χ3v) is 5.67. The fourth-order valence-corrected chi connectivity index (χ4v) is 4.04. The number of methoxy groups -OCH3 is 2. The summed E-state index contributed by atoms with van der Waals surface area (Å²) >= 11 is 0. The zero-order valence-corrected chi connectivity index (χ0v) is 16.1. The quantitative estimate of drug-likeness (QED) is 0.815. The SMILES string of the molecule is COc1ccc(F)c(CN2CCCC(O)(CN3CCC(OC)CC3)C2=O)c1. The molecule has 0 radical (unpaired) electrons. The maximum Gasteiger partial charge on any atom is 0.256 e. The van der Waals surface area contributed by atoms with Crippen molar-refractivity contribution < 1.29 is 23.8 Å². The van der Waals surface area contributed by atoms with E-state index >= 15 is 0 Å². The summed E-state index contributed by atoms with van der Waals surface area (Å²) in [4.78, 5) is 16.7. The molecule has 1 aromatic rings. The van der Waals surface area contributed by atoms with Crippen molar-refractivity contribution in [1.29, 1.82) is 0 Å². The van der Waals surface area contributed by atoms with Crippen LogP contribution in [0.3, 0.4) is 0 Å². The van der Waals surface area contributed by atoms with E-state index in [9.17, 15) is 14.3 Å². The Morgan fingerprint density at radius 3 is 2.67 bits per heavy atom. The number of carbonyl (C=O) groups is 1. The van der Waals surface area contributed by atoms with E-state index < -0.39 is 5.60 Å². The molecule has 7 heteroatoms. The van der Waals surface area contributed by atoms with Gasteiger partial charge in [0.1, 0.15) is 11.6 Å². The number of halogens is 1. The van der Waals surface area contributed by atoms with Gasteiger partial charge < -0.3 is 19.5 Å². The molecule has 2 fully saturated rings. The minimum atomic E-state index is -1.41. The average molecular weight is 380 g/mol. The second-order valence-electron chi connectivity index (χ2n) is 7.53. The number of hydrogen-bond donors (Lipinski definition) is 1. The van der Waals surface area contributed by atoms with Gasteiger partial charge in [-0.15, -0.1) is 0 Å². The van der Waals surface area contributed by atoms with E-state index in [1.807, 2.05) is 0 Å². The molecule has 0 aromatic heterocycles. The summed E-state index contributed by atoms with van der Waals surface area (Å²) in [5, 5.41) is 11.1. The molecular weight excluding hydrogens is 351 g/mol. The number of nitrogens with zero attached hydrogens (tertiary/aromatic N) is 2. The van der Waals surface area contributed by atoms with Crippen molar-refractivity contribution in [2.45, 2.75) is 43.9 Å². The molecule has 6 nitrogen and oxygen atoms in total. The zero-order chi connectivity index (χ0) is 19.4. The van der Waals surface area contributed by atoms with Crippen LogP contribution in [0.5, 0.6) is 5.75 Å². The van der Waals surface area contributed by atoms with Gasteiger partial charge in [-0.1, -0.05) is 0 Å². The lowest BCUT2D eigenvalue weighted by Crippen LogP contribution is -2.59. The van der Waals surface area contributed by atoms with Gasteiger partial charge in [0.15, 0.2) is 5.60 Å². The predicted octanol–water partition coefficient (Wildman–Crippen LogP) is 1.80. The summed E-state index contributed by atoms with van der Waals surface area (Å²) in [6.45, 7) is 2.58. The first kappa shape index (κ1) is 20.0. The molecule has 0 aliphatic carbocycles. The Kier molecular flexibility index (Phi) is 6.34. The highest BCUT2D eigenvalue weighted by Gasteiger charge is 2.43. The summed E-state index contributed by atoms with van der Waals surface area (Å²) in [5.74, 6) is -0.142. The van der Waals surface area contributed by atoms with Crippen LogP contribution in [0, 0.1) is 5.82 Å². The van der Waals surface area contributed by atoms with Crippen molar-refractivity contribution >= 4 is 5.91 Å². The Hall–Kier alpha value is -1.70. The molecule has 1 N–H and O–H groups in total. The monoisotopic (exact) mass is 380 g/mol. The Bertz CT molecular complexity index is 663. The largest absolute Gasteiger partial charge is 0.497 e. The number of benzene rings is 1. The summed E-state index contributed by atoms with van der Waals surface area (Å²) < 4.78 is 24.7. The summed E-state index contributed by atoms with van der Waals surface area (Å²) in [7, 11) is 3.24. The molecule has 0 spiro atoms. The zero-order valence-electron chi connectivity index (χ0n) is 16.1. The van der Waals surface area contributed by atoms with Crippen molar-refractivity contribution in [3.63, 3.8) is 0 Å². The fraction of sp³-hybridized carbons (Fsp3) is 0.650. The van der Waals surface area contributed by atoms with Crippen LogP contribution in [-0.2, 0) is 16.1 Å². The molecule has 0 saturated carbocycles. The molecule has 2 aliphatic heterocycles. The van der Waals surface area contributed by atoms with Gasteiger partial charge in [0.25, 0.3) is 5.91 Å². The van der Waals surface area contributed by atoms with Crippen LogP contribution in [0.15, 0.2) is 18.2 Å². The van der Waals surface area contributed by atoms with Crippen molar-refractivity contribution in [2.24, 2.45) is 0 Å². The molecule has 2 aliphatic rings. The number of aliphatic hydroxyl groups is 1. The second-order valence-corrected chi connectivity index (χ2v) is 7.53. The van der Waals surface area contributed by atoms with Crippen LogP contribution in [-0.4, -0.2) is 72.9 Å². The lowest BCUT2D eigenvalue weighted by atomic mass is 9.90. The Balaban J connectivity index is 1.66. The molecule has 1 atom stereocenters. The van der Waals surface area contributed by atoms with Gasteiger partial charge in [0, 0.05) is 45.4 Å². The fourth-order valence-electron chi connectivity index (χ4n) is 4.04. The summed E-state index contributed by atoms with van der Waals surface area (Å²) in [6.07, 6.45) is 3.19. The Labute approximate surface area is 159 Å². The van der Waals surface area contributed by atoms with Crippen molar-refractivity contribution in [2.75, 3.05) is 40.4 Å². The third kappa shape index (κ3) is 4.59. The molecule has 2 saturated heterocycles. The van der Waals surface area contributed by atoms with E-state index in [2.05, 4.69) is 4.90 Å². The van der Waals surface area contributed by atoms with Crippen LogP contribution in [0.4, 0.5) is 4.39 Å². The minimum absolute atomic E-state index is 0.135. The third-order valence-electron chi connectivity index (χ3n) is 5.67. The predicted molar refractivity (Wildman–Crippen MR) is 99.0 cm³/mol. The van der Waals surface area contributed by atoms with Crippen LogP contribution in [0.1, 0.15) is 31.2 Å². The first-order chi connectivity index (χ1) is 12.9. The van der Waals surface area contributed by atoms with E-state index in [1.165, 1.54) is 13.2 Å². The van der Waals surface area contributed by atoms with Gasteiger partial charge >= 0.3 is 0 Å². The Morgan fingerprint density at radius 1 is 1.26 bits per heavy atom. The smallest absolute Gasteiger partial charge is 0.256 e. The number of rotatable bonds is 6. The van der Waals surface area contributed by atoms with Crippen LogP contribution < -0.4 is 4.74 Å². The normalized spacial score (nSPS) is 25.0. The van der Waals surface area contributed by atoms with Gasteiger partial charge in [-0.3, -0.25) is 9.69 Å². The van der Waals surface area contributed by atoms with Crippen LogP contribution in [0.25, 0.3) is 0 Å². The summed E-state index contributed by atoms with van der Waals surface area (Å²) in [6, 6.07) is 4.50. The summed E-state index contributed by atoms with van der Waals surface area (Å²) in [5.41, 5.74) is -1.01.